The zero-order valence-electron chi connectivity index (χ0n) is 11.2. The topological polar surface area (TPSA) is 72.8 Å². The van der Waals surface area contributed by atoms with Crippen LogP contribution in [0.2, 0.25) is 0 Å². The fraction of sp³-hybridized carbons (Fsp3) is 0.125. The van der Waals surface area contributed by atoms with E-state index in [0.717, 1.165) is 0 Å². The van der Waals surface area contributed by atoms with Crippen LogP contribution in [0.15, 0.2) is 54.6 Å². The number of carbonyl (C=O) groups is 2. The fourth-order valence-corrected chi connectivity index (χ4v) is 1.68. The minimum atomic E-state index is -1.08. The Hall–Kier alpha value is -2.82. The molecule has 0 aliphatic heterocycles. The molecule has 0 atom stereocenters. The Bertz CT molecular complexity index is 622. The van der Waals surface area contributed by atoms with Crippen molar-refractivity contribution in [1.29, 1.82) is 0 Å². The summed E-state index contributed by atoms with van der Waals surface area (Å²) >= 11 is 0. The highest BCUT2D eigenvalue weighted by molar-refractivity contribution is 5.97. The summed E-state index contributed by atoms with van der Waals surface area (Å²) in [4.78, 5) is 22.5. The van der Waals surface area contributed by atoms with Crippen LogP contribution in [0.25, 0.3) is 0 Å². The van der Waals surface area contributed by atoms with Crippen molar-refractivity contribution in [2.75, 3.05) is 13.2 Å². The lowest BCUT2D eigenvalue weighted by atomic mass is 10.1. The van der Waals surface area contributed by atoms with Crippen LogP contribution < -0.4 is 9.47 Å². The second-order valence-corrected chi connectivity index (χ2v) is 4.21. The minimum absolute atomic E-state index is 0.141. The van der Waals surface area contributed by atoms with Gasteiger partial charge in [-0.2, -0.15) is 0 Å². The number of Topliss-reactive ketones (excluding diaryl/α,β-unsaturated/α-hetero) is 1. The van der Waals surface area contributed by atoms with Gasteiger partial charge in [-0.3, -0.25) is 4.79 Å². The second kappa shape index (κ2) is 7.09. The number of carbonyl (C=O) groups excluding carboxylic acids is 1. The first kappa shape index (κ1) is 14.6. The standard InChI is InChI=1S/C16H14O5/c17-13(12-6-2-1-3-7-12)10-20-14-8-4-5-9-15(14)21-11-16(18)19/h1-9H,10-11H2,(H,18,19). The summed E-state index contributed by atoms with van der Waals surface area (Å²) in [7, 11) is 0. The van der Waals surface area contributed by atoms with Gasteiger partial charge in [0.25, 0.3) is 0 Å². The average Bonchev–Trinajstić information content (AvgIpc) is 2.52. The third kappa shape index (κ3) is 4.35. The first-order valence-electron chi connectivity index (χ1n) is 6.31. The van der Waals surface area contributed by atoms with E-state index < -0.39 is 12.6 Å². The molecule has 0 aliphatic carbocycles. The van der Waals surface area contributed by atoms with Gasteiger partial charge in [-0.05, 0) is 12.1 Å². The summed E-state index contributed by atoms with van der Waals surface area (Å²) < 4.78 is 10.5. The van der Waals surface area contributed by atoms with Gasteiger partial charge in [0.1, 0.15) is 0 Å². The van der Waals surface area contributed by atoms with Crippen molar-refractivity contribution in [2.24, 2.45) is 0 Å². The van der Waals surface area contributed by atoms with E-state index in [4.69, 9.17) is 14.6 Å². The molecular weight excluding hydrogens is 272 g/mol. The first-order chi connectivity index (χ1) is 10.2. The number of hydrogen-bond donors (Lipinski definition) is 1. The van der Waals surface area contributed by atoms with Crippen LogP contribution in [-0.4, -0.2) is 30.1 Å². The van der Waals surface area contributed by atoms with Crippen LogP contribution in [0.1, 0.15) is 10.4 Å². The highest BCUT2D eigenvalue weighted by Crippen LogP contribution is 2.26. The zero-order chi connectivity index (χ0) is 15.1. The van der Waals surface area contributed by atoms with Gasteiger partial charge in [0.05, 0.1) is 0 Å². The van der Waals surface area contributed by atoms with Gasteiger partial charge in [-0.1, -0.05) is 42.5 Å². The van der Waals surface area contributed by atoms with Crippen LogP contribution >= 0.6 is 0 Å². The normalized spacial score (nSPS) is 9.90. The van der Waals surface area contributed by atoms with Gasteiger partial charge in [-0.25, -0.2) is 4.79 Å². The van der Waals surface area contributed by atoms with Crippen molar-refractivity contribution >= 4 is 11.8 Å². The second-order valence-electron chi connectivity index (χ2n) is 4.21. The Morgan fingerprint density at radius 1 is 0.810 bits per heavy atom. The SMILES string of the molecule is O=C(O)COc1ccccc1OCC(=O)c1ccccc1. The maximum absolute atomic E-state index is 11.9. The molecular formula is C16H14O5. The number of carboxylic acids is 1. The van der Waals surface area contributed by atoms with E-state index in [2.05, 4.69) is 0 Å². The van der Waals surface area contributed by atoms with Gasteiger partial charge < -0.3 is 14.6 Å². The van der Waals surface area contributed by atoms with Crippen molar-refractivity contribution in [3.05, 3.63) is 60.2 Å². The van der Waals surface area contributed by atoms with Crippen molar-refractivity contribution in [2.45, 2.75) is 0 Å². The molecule has 0 spiro atoms. The van der Waals surface area contributed by atoms with E-state index in [-0.39, 0.29) is 12.4 Å². The molecule has 0 unspecified atom stereocenters. The van der Waals surface area contributed by atoms with Crippen LogP contribution in [0, 0.1) is 0 Å². The molecule has 0 bridgehead atoms. The van der Waals surface area contributed by atoms with E-state index >= 15 is 0 Å². The fourth-order valence-electron chi connectivity index (χ4n) is 1.68. The lowest BCUT2D eigenvalue weighted by Gasteiger charge is -2.11. The summed E-state index contributed by atoms with van der Waals surface area (Å²) in [5.41, 5.74) is 0.557. The summed E-state index contributed by atoms with van der Waals surface area (Å²) in [5, 5.41) is 8.61. The van der Waals surface area contributed by atoms with E-state index in [1.54, 1.807) is 48.5 Å². The summed E-state index contributed by atoms with van der Waals surface area (Å²) in [6.45, 7) is -0.607. The Balaban J connectivity index is 2.00. The number of aliphatic carboxylic acids is 1. The molecule has 0 amide bonds. The van der Waals surface area contributed by atoms with Crippen molar-refractivity contribution in [1.82, 2.24) is 0 Å². The Morgan fingerprint density at radius 2 is 1.33 bits per heavy atom. The number of carboxylic acid groups (broad SMARTS) is 1. The molecule has 0 saturated carbocycles. The molecule has 5 heteroatoms. The Labute approximate surface area is 121 Å². The van der Waals surface area contributed by atoms with E-state index in [0.29, 0.717) is 17.1 Å². The highest BCUT2D eigenvalue weighted by atomic mass is 16.5. The van der Waals surface area contributed by atoms with E-state index in [1.165, 1.54) is 0 Å². The van der Waals surface area contributed by atoms with Crippen LogP contribution in [0.4, 0.5) is 0 Å². The van der Waals surface area contributed by atoms with Gasteiger partial charge in [-0.15, -0.1) is 0 Å². The average molecular weight is 286 g/mol. The third-order valence-electron chi connectivity index (χ3n) is 2.65. The maximum atomic E-state index is 11.9. The van der Waals surface area contributed by atoms with Crippen LogP contribution in [0.5, 0.6) is 11.5 Å². The summed E-state index contributed by atoms with van der Waals surface area (Å²) in [6, 6.07) is 15.4. The molecule has 2 aromatic carbocycles. The molecule has 1 N–H and O–H groups in total. The smallest absolute Gasteiger partial charge is 0.341 e. The molecule has 0 heterocycles. The lowest BCUT2D eigenvalue weighted by molar-refractivity contribution is -0.139. The number of ether oxygens (including phenoxy) is 2. The largest absolute Gasteiger partial charge is 0.482 e. The van der Waals surface area contributed by atoms with Gasteiger partial charge in [0, 0.05) is 5.56 Å². The molecule has 21 heavy (non-hydrogen) atoms. The molecule has 2 rings (SSSR count). The molecule has 0 radical (unpaired) electrons. The predicted octanol–water partition coefficient (Wildman–Crippen LogP) is 2.41. The Morgan fingerprint density at radius 3 is 1.90 bits per heavy atom. The number of benzene rings is 2. The highest BCUT2D eigenvalue weighted by Gasteiger charge is 2.10. The van der Waals surface area contributed by atoms with Crippen molar-refractivity contribution in [3.63, 3.8) is 0 Å². The first-order valence-corrected chi connectivity index (χ1v) is 6.31. The molecule has 0 saturated heterocycles. The number of para-hydroxylation sites is 2. The minimum Gasteiger partial charge on any atom is -0.482 e. The molecule has 0 aromatic heterocycles. The monoisotopic (exact) mass is 286 g/mol. The summed E-state index contributed by atoms with van der Waals surface area (Å²) in [5.74, 6) is -0.613. The van der Waals surface area contributed by atoms with Crippen molar-refractivity contribution < 1.29 is 24.2 Å². The van der Waals surface area contributed by atoms with E-state index in [1.807, 2.05) is 6.07 Å². The molecule has 0 fully saturated rings. The van der Waals surface area contributed by atoms with Gasteiger partial charge >= 0.3 is 5.97 Å². The van der Waals surface area contributed by atoms with Gasteiger partial charge in [0.2, 0.25) is 0 Å². The lowest BCUT2D eigenvalue weighted by Crippen LogP contribution is -2.13. The van der Waals surface area contributed by atoms with Crippen LogP contribution in [0.3, 0.4) is 0 Å². The third-order valence-corrected chi connectivity index (χ3v) is 2.65. The number of rotatable bonds is 7. The zero-order valence-corrected chi connectivity index (χ0v) is 11.2. The molecule has 2 aromatic rings. The van der Waals surface area contributed by atoms with Crippen LogP contribution in [-0.2, 0) is 4.79 Å². The Kier molecular flexibility index (Phi) is 4.93. The quantitative estimate of drug-likeness (QED) is 0.791. The summed E-state index contributed by atoms with van der Waals surface area (Å²) in [6.07, 6.45) is 0. The van der Waals surface area contributed by atoms with Gasteiger partial charge in [0.15, 0.2) is 30.5 Å². The number of ketones is 1. The molecule has 108 valence electrons. The number of hydrogen-bond acceptors (Lipinski definition) is 4. The van der Waals surface area contributed by atoms with E-state index in [9.17, 15) is 9.59 Å². The predicted molar refractivity (Wildman–Crippen MR) is 75.8 cm³/mol. The van der Waals surface area contributed by atoms with Crippen molar-refractivity contribution in [3.8, 4) is 11.5 Å². The molecule has 5 nitrogen and oxygen atoms in total. The molecule has 0 aliphatic rings. The maximum Gasteiger partial charge on any atom is 0.341 e.